The fourth-order valence-electron chi connectivity index (χ4n) is 4.02. The number of methoxy groups -OCH3 is 2. The molecule has 1 saturated heterocycles. The van der Waals surface area contributed by atoms with Crippen molar-refractivity contribution >= 4 is 11.6 Å². The molecule has 0 spiro atoms. The summed E-state index contributed by atoms with van der Waals surface area (Å²) in [5.41, 5.74) is 2.64. The highest BCUT2D eigenvalue weighted by atomic mass is 16.5. The zero-order valence-electron chi connectivity index (χ0n) is 17.5. The van der Waals surface area contributed by atoms with Crippen LogP contribution in [0.5, 0.6) is 11.5 Å². The highest BCUT2D eigenvalue weighted by Crippen LogP contribution is 2.33. The molecule has 1 aliphatic rings. The van der Waals surface area contributed by atoms with E-state index in [9.17, 15) is 9.59 Å². The van der Waals surface area contributed by atoms with Crippen LogP contribution in [0, 0.1) is 0 Å². The maximum absolute atomic E-state index is 12.8. The Morgan fingerprint density at radius 3 is 2.73 bits per heavy atom. The summed E-state index contributed by atoms with van der Waals surface area (Å²) in [5.74, 6) is 1.57. The van der Waals surface area contributed by atoms with Gasteiger partial charge in [0.1, 0.15) is 11.5 Å². The van der Waals surface area contributed by atoms with Crippen LogP contribution < -0.4 is 15.0 Å². The molecule has 158 valence electrons. The molecule has 4 rings (SSSR count). The second-order valence-electron chi connectivity index (χ2n) is 7.52. The molecule has 1 atom stereocenters. The zero-order chi connectivity index (χ0) is 21.3. The molecule has 8 heteroatoms. The van der Waals surface area contributed by atoms with E-state index in [-0.39, 0.29) is 17.4 Å². The van der Waals surface area contributed by atoms with Gasteiger partial charge in [-0.3, -0.25) is 14.7 Å². The Labute approximate surface area is 174 Å². The average Bonchev–Trinajstić information content (AvgIpc) is 3.19. The van der Waals surface area contributed by atoms with Gasteiger partial charge in [-0.25, -0.2) is 9.50 Å². The molecule has 1 amide bonds. The number of aromatic amines is 1. The molecule has 1 N–H and O–H groups in total. The van der Waals surface area contributed by atoms with Crippen molar-refractivity contribution in [3.63, 3.8) is 0 Å². The first-order valence-electron chi connectivity index (χ1n) is 10.2. The molecule has 2 aromatic heterocycles. The van der Waals surface area contributed by atoms with Crippen LogP contribution >= 0.6 is 0 Å². The Morgan fingerprint density at radius 1 is 1.17 bits per heavy atom. The second kappa shape index (κ2) is 8.22. The fraction of sp³-hybridized carbons (Fsp3) is 0.409. The molecule has 0 saturated carbocycles. The molecular weight excluding hydrogens is 384 g/mol. The van der Waals surface area contributed by atoms with E-state index >= 15 is 0 Å². The monoisotopic (exact) mass is 410 g/mol. The molecule has 1 unspecified atom stereocenters. The van der Waals surface area contributed by atoms with E-state index in [0.717, 1.165) is 29.9 Å². The molecule has 3 aromatic rings. The SMILES string of the molecule is CCCN1CC(c2cc(=O)n3[nH]c(-c4ccc(OC)cc4OC)cc3n2)CCC1=O. The average molecular weight is 410 g/mol. The Bertz CT molecular complexity index is 1130. The lowest BCUT2D eigenvalue weighted by Crippen LogP contribution is -2.40. The predicted octanol–water partition coefficient (Wildman–Crippen LogP) is 2.82. The van der Waals surface area contributed by atoms with E-state index in [4.69, 9.17) is 14.5 Å². The van der Waals surface area contributed by atoms with Crippen molar-refractivity contribution in [1.82, 2.24) is 19.5 Å². The van der Waals surface area contributed by atoms with Gasteiger partial charge in [0.25, 0.3) is 5.56 Å². The van der Waals surface area contributed by atoms with E-state index in [1.165, 1.54) is 4.52 Å². The maximum atomic E-state index is 12.8. The third-order valence-electron chi connectivity index (χ3n) is 5.58. The van der Waals surface area contributed by atoms with E-state index in [0.29, 0.717) is 36.5 Å². The molecule has 0 bridgehead atoms. The van der Waals surface area contributed by atoms with Gasteiger partial charge in [0.15, 0.2) is 5.65 Å². The Morgan fingerprint density at radius 2 is 2.00 bits per heavy atom. The third-order valence-corrected chi connectivity index (χ3v) is 5.58. The van der Waals surface area contributed by atoms with Gasteiger partial charge in [0.2, 0.25) is 5.91 Å². The van der Waals surface area contributed by atoms with E-state index < -0.39 is 0 Å². The normalized spacial score (nSPS) is 16.8. The Kier molecular flexibility index (Phi) is 5.48. The summed E-state index contributed by atoms with van der Waals surface area (Å²) >= 11 is 0. The van der Waals surface area contributed by atoms with Gasteiger partial charge in [0, 0.05) is 49.2 Å². The number of rotatable bonds is 6. The van der Waals surface area contributed by atoms with Gasteiger partial charge < -0.3 is 14.4 Å². The lowest BCUT2D eigenvalue weighted by molar-refractivity contribution is -0.133. The topological polar surface area (TPSA) is 88.9 Å². The fourth-order valence-corrected chi connectivity index (χ4v) is 4.02. The number of carbonyl (C=O) groups excluding carboxylic acids is 1. The van der Waals surface area contributed by atoms with Gasteiger partial charge in [-0.05, 0) is 25.0 Å². The van der Waals surface area contributed by atoms with Gasteiger partial charge in [-0.1, -0.05) is 6.92 Å². The lowest BCUT2D eigenvalue weighted by atomic mass is 9.94. The van der Waals surface area contributed by atoms with Crippen molar-refractivity contribution in [2.24, 2.45) is 0 Å². The predicted molar refractivity (Wildman–Crippen MR) is 113 cm³/mol. The van der Waals surface area contributed by atoms with Crippen molar-refractivity contribution < 1.29 is 14.3 Å². The van der Waals surface area contributed by atoms with Gasteiger partial charge in [-0.15, -0.1) is 0 Å². The van der Waals surface area contributed by atoms with Crippen LogP contribution in [0.2, 0.25) is 0 Å². The van der Waals surface area contributed by atoms with Crippen molar-refractivity contribution in [3.05, 3.63) is 46.4 Å². The van der Waals surface area contributed by atoms with E-state index in [1.807, 2.05) is 23.1 Å². The molecule has 8 nitrogen and oxygen atoms in total. The number of H-pyrrole nitrogens is 1. The highest BCUT2D eigenvalue weighted by molar-refractivity contribution is 5.77. The largest absolute Gasteiger partial charge is 0.497 e. The highest BCUT2D eigenvalue weighted by Gasteiger charge is 2.27. The number of amides is 1. The first kappa shape index (κ1) is 20.0. The smallest absolute Gasteiger partial charge is 0.272 e. The Balaban J connectivity index is 1.71. The molecule has 3 heterocycles. The summed E-state index contributed by atoms with van der Waals surface area (Å²) in [6.45, 7) is 3.41. The van der Waals surface area contributed by atoms with Crippen molar-refractivity contribution in [2.75, 3.05) is 27.3 Å². The summed E-state index contributed by atoms with van der Waals surface area (Å²) in [5, 5.41) is 3.11. The van der Waals surface area contributed by atoms with Crippen molar-refractivity contribution in [2.45, 2.75) is 32.1 Å². The number of carbonyl (C=O) groups is 1. The number of hydrogen-bond donors (Lipinski definition) is 1. The van der Waals surface area contributed by atoms with Crippen molar-refractivity contribution in [1.29, 1.82) is 0 Å². The number of ether oxygens (including phenoxy) is 2. The van der Waals surface area contributed by atoms with Crippen LogP contribution in [-0.2, 0) is 4.79 Å². The minimum atomic E-state index is -0.173. The first-order valence-corrected chi connectivity index (χ1v) is 10.2. The van der Waals surface area contributed by atoms with Gasteiger partial charge in [-0.2, -0.15) is 0 Å². The van der Waals surface area contributed by atoms with E-state index in [1.54, 1.807) is 26.4 Å². The number of nitrogens with zero attached hydrogens (tertiary/aromatic N) is 3. The maximum Gasteiger partial charge on any atom is 0.272 e. The second-order valence-corrected chi connectivity index (χ2v) is 7.52. The quantitative estimate of drug-likeness (QED) is 0.675. The number of benzene rings is 1. The summed E-state index contributed by atoms with van der Waals surface area (Å²) in [4.78, 5) is 31.5. The third kappa shape index (κ3) is 3.65. The van der Waals surface area contributed by atoms with Crippen LogP contribution in [0.1, 0.15) is 37.8 Å². The molecule has 1 aromatic carbocycles. The van der Waals surface area contributed by atoms with Crippen LogP contribution in [0.3, 0.4) is 0 Å². The number of piperidine rings is 1. The van der Waals surface area contributed by atoms with Crippen LogP contribution in [0.15, 0.2) is 35.1 Å². The number of aromatic nitrogens is 3. The van der Waals surface area contributed by atoms with Gasteiger partial charge in [0.05, 0.1) is 25.6 Å². The zero-order valence-corrected chi connectivity index (χ0v) is 17.5. The Hall–Kier alpha value is -3.29. The summed E-state index contributed by atoms with van der Waals surface area (Å²) < 4.78 is 12.2. The van der Waals surface area contributed by atoms with E-state index in [2.05, 4.69) is 12.0 Å². The molecule has 1 aliphatic heterocycles. The molecule has 30 heavy (non-hydrogen) atoms. The molecule has 0 radical (unpaired) electrons. The summed E-state index contributed by atoms with van der Waals surface area (Å²) in [6, 6.07) is 8.93. The number of likely N-dealkylation sites (tertiary alicyclic amines) is 1. The lowest BCUT2D eigenvalue weighted by Gasteiger charge is -2.32. The molecule has 0 aliphatic carbocycles. The van der Waals surface area contributed by atoms with Gasteiger partial charge >= 0.3 is 0 Å². The minimum absolute atomic E-state index is 0.0702. The number of hydrogen-bond acceptors (Lipinski definition) is 5. The first-order chi connectivity index (χ1) is 14.5. The number of fused-ring (bicyclic) bond motifs is 1. The molecule has 1 fully saturated rings. The van der Waals surface area contributed by atoms with Crippen LogP contribution in [-0.4, -0.2) is 52.7 Å². The van der Waals surface area contributed by atoms with Crippen molar-refractivity contribution in [3.8, 4) is 22.8 Å². The van der Waals surface area contributed by atoms with Crippen LogP contribution in [0.4, 0.5) is 0 Å². The summed E-state index contributed by atoms with van der Waals surface area (Å²) in [6.07, 6.45) is 2.12. The standard InChI is InChI=1S/C22H26N4O4/c1-4-9-25-13-14(5-8-21(25)27)17-12-22(28)26-20(23-17)11-18(24-26)16-7-6-15(29-2)10-19(16)30-3/h6-7,10-12,14,24H,4-5,8-9,13H2,1-3H3. The minimum Gasteiger partial charge on any atom is -0.497 e. The van der Waals surface area contributed by atoms with Crippen LogP contribution in [0.25, 0.3) is 16.9 Å². The molecular formula is C22H26N4O4. The summed E-state index contributed by atoms with van der Waals surface area (Å²) in [7, 11) is 3.19. The number of nitrogens with one attached hydrogen (secondary N) is 1.